The van der Waals surface area contributed by atoms with Crippen molar-refractivity contribution in [3.63, 3.8) is 0 Å². The zero-order valence-electron chi connectivity index (χ0n) is 15.7. The highest BCUT2D eigenvalue weighted by molar-refractivity contribution is 5.80. The van der Waals surface area contributed by atoms with Gasteiger partial charge in [-0.25, -0.2) is 0 Å². The molecule has 1 heterocycles. The molecule has 1 aliphatic heterocycles. The Bertz CT molecular complexity index is 700. The molecule has 27 heavy (non-hydrogen) atoms. The number of benzene rings is 2. The fraction of sp³-hybridized carbons (Fsp3) is 0.381. The first-order chi connectivity index (χ1) is 13.3. The van der Waals surface area contributed by atoms with Gasteiger partial charge in [0, 0.05) is 25.3 Å². The summed E-state index contributed by atoms with van der Waals surface area (Å²) in [7, 11) is 1.66. The molecule has 1 aliphatic rings. The Balaban J connectivity index is 1.59. The topological polar surface area (TPSA) is 62.8 Å². The molecular weight excluding hydrogens is 342 g/mol. The molecular formula is C21H27N3O3. The molecule has 1 amide bonds. The Kier molecular flexibility index (Phi) is 7.07. The standard InChI is InChI=1S/C21H27N3O3/c1-26-19-9-7-17(8-10-19)20(24-11-13-27-14-12-24)15-23-21(25)16-22-18-5-3-2-4-6-18/h2-10,20,22H,11-16H2,1H3,(H,23,25). The van der Waals surface area contributed by atoms with Gasteiger partial charge >= 0.3 is 0 Å². The van der Waals surface area contributed by atoms with Gasteiger partial charge in [-0.2, -0.15) is 0 Å². The molecule has 2 aromatic carbocycles. The van der Waals surface area contributed by atoms with Crippen molar-refractivity contribution in [2.75, 3.05) is 51.8 Å². The third-order valence-corrected chi connectivity index (χ3v) is 4.71. The zero-order valence-corrected chi connectivity index (χ0v) is 15.7. The third-order valence-electron chi connectivity index (χ3n) is 4.71. The molecule has 1 saturated heterocycles. The van der Waals surface area contributed by atoms with E-state index in [9.17, 15) is 4.79 Å². The molecule has 0 spiro atoms. The van der Waals surface area contributed by atoms with E-state index in [0.717, 1.165) is 43.3 Å². The molecule has 144 valence electrons. The van der Waals surface area contributed by atoms with E-state index in [2.05, 4.69) is 27.7 Å². The second-order valence-electron chi connectivity index (χ2n) is 6.46. The molecule has 6 nitrogen and oxygen atoms in total. The summed E-state index contributed by atoms with van der Waals surface area (Å²) in [6, 6.07) is 17.9. The van der Waals surface area contributed by atoms with Crippen molar-refractivity contribution in [3.8, 4) is 5.75 Å². The van der Waals surface area contributed by atoms with Gasteiger partial charge in [-0.15, -0.1) is 0 Å². The van der Waals surface area contributed by atoms with Crippen molar-refractivity contribution in [1.29, 1.82) is 0 Å². The molecule has 0 aromatic heterocycles. The molecule has 6 heteroatoms. The Morgan fingerprint density at radius 1 is 1.11 bits per heavy atom. The number of carbonyl (C=O) groups is 1. The van der Waals surface area contributed by atoms with E-state index >= 15 is 0 Å². The maximum Gasteiger partial charge on any atom is 0.239 e. The van der Waals surface area contributed by atoms with E-state index in [1.807, 2.05) is 42.5 Å². The van der Waals surface area contributed by atoms with Gasteiger partial charge in [0.2, 0.25) is 5.91 Å². The first-order valence-corrected chi connectivity index (χ1v) is 9.27. The number of ether oxygens (including phenoxy) is 2. The number of morpholine rings is 1. The maximum atomic E-state index is 12.3. The van der Waals surface area contributed by atoms with Gasteiger partial charge < -0.3 is 20.1 Å². The van der Waals surface area contributed by atoms with E-state index in [4.69, 9.17) is 9.47 Å². The highest BCUT2D eigenvalue weighted by Crippen LogP contribution is 2.23. The van der Waals surface area contributed by atoms with E-state index < -0.39 is 0 Å². The molecule has 0 saturated carbocycles. The first-order valence-electron chi connectivity index (χ1n) is 9.27. The highest BCUT2D eigenvalue weighted by atomic mass is 16.5. The van der Waals surface area contributed by atoms with Crippen LogP contribution < -0.4 is 15.4 Å². The van der Waals surface area contributed by atoms with Crippen LogP contribution in [-0.4, -0.2) is 57.3 Å². The summed E-state index contributed by atoms with van der Waals surface area (Å²) in [4.78, 5) is 14.7. The van der Waals surface area contributed by atoms with Crippen LogP contribution in [0, 0.1) is 0 Å². The summed E-state index contributed by atoms with van der Waals surface area (Å²) in [5.74, 6) is 0.807. The summed E-state index contributed by atoms with van der Waals surface area (Å²) < 4.78 is 10.7. The third kappa shape index (κ3) is 5.70. The lowest BCUT2D eigenvalue weighted by Crippen LogP contribution is -2.44. The lowest BCUT2D eigenvalue weighted by Gasteiger charge is -2.35. The first kappa shape index (κ1) is 19.2. The Labute approximate surface area is 160 Å². The van der Waals surface area contributed by atoms with Gasteiger partial charge in [0.25, 0.3) is 0 Å². The molecule has 2 aromatic rings. The van der Waals surface area contributed by atoms with E-state index in [-0.39, 0.29) is 18.5 Å². The molecule has 3 rings (SSSR count). The number of amides is 1. The van der Waals surface area contributed by atoms with Crippen molar-refractivity contribution in [3.05, 3.63) is 60.2 Å². The van der Waals surface area contributed by atoms with Crippen molar-refractivity contribution in [2.45, 2.75) is 6.04 Å². The van der Waals surface area contributed by atoms with Gasteiger partial charge in [-0.3, -0.25) is 9.69 Å². The minimum Gasteiger partial charge on any atom is -0.497 e. The number of rotatable bonds is 8. The van der Waals surface area contributed by atoms with Crippen LogP contribution in [0.2, 0.25) is 0 Å². The predicted molar refractivity (Wildman–Crippen MR) is 106 cm³/mol. The monoisotopic (exact) mass is 369 g/mol. The molecule has 0 aliphatic carbocycles. The van der Waals surface area contributed by atoms with E-state index in [1.165, 1.54) is 0 Å². The lowest BCUT2D eigenvalue weighted by molar-refractivity contribution is -0.119. The number of hydrogen-bond donors (Lipinski definition) is 2. The smallest absolute Gasteiger partial charge is 0.239 e. The quantitative estimate of drug-likeness (QED) is 0.748. The van der Waals surface area contributed by atoms with Crippen molar-refractivity contribution in [1.82, 2.24) is 10.2 Å². The van der Waals surface area contributed by atoms with Gasteiger partial charge in [-0.1, -0.05) is 30.3 Å². The number of hydrogen-bond acceptors (Lipinski definition) is 5. The normalized spacial score (nSPS) is 15.7. The van der Waals surface area contributed by atoms with Crippen LogP contribution in [0.3, 0.4) is 0 Å². The van der Waals surface area contributed by atoms with Gasteiger partial charge in [0.05, 0.1) is 32.9 Å². The van der Waals surface area contributed by atoms with Crippen LogP contribution in [-0.2, 0) is 9.53 Å². The van der Waals surface area contributed by atoms with Crippen LogP contribution in [0.4, 0.5) is 5.69 Å². The largest absolute Gasteiger partial charge is 0.497 e. The summed E-state index contributed by atoms with van der Waals surface area (Å²) in [5.41, 5.74) is 2.10. The Hall–Kier alpha value is -2.57. The van der Waals surface area contributed by atoms with E-state index in [0.29, 0.717) is 6.54 Å². The molecule has 1 fully saturated rings. The fourth-order valence-corrected chi connectivity index (χ4v) is 3.18. The number of nitrogens with one attached hydrogen (secondary N) is 2. The zero-order chi connectivity index (χ0) is 18.9. The van der Waals surface area contributed by atoms with E-state index in [1.54, 1.807) is 7.11 Å². The molecule has 0 radical (unpaired) electrons. The molecule has 0 bridgehead atoms. The average Bonchev–Trinajstić information content (AvgIpc) is 2.74. The SMILES string of the molecule is COc1ccc(C(CNC(=O)CNc2ccccc2)N2CCOCC2)cc1. The van der Waals surface area contributed by atoms with Crippen LogP contribution >= 0.6 is 0 Å². The minimum atomic E-state index is -0.0226. The lowest BCUT2D eigenvalue weighted by atomic mass is 10.0. The van der Waals surface area contributed by atoms with Crippen LogP contribution in [0.1, 0.15) is 11.6 Å². The predicted octanol–water partition coefficient (Wildman–Crippen LogP) is 2.30. The van der Waals surface area contributed by atoms with Gasteiger partial charge in [0.1, 0.15) is 5.75 Å². The molecule has 1 unspecified atom stereocenters. The number of nitrogens with zero attached hydrogens (tertiary/aromatic N) is 1. The molecule has 2 N–H and O–H groups in total. The summed E-state index contributed by atoms with van der Waals surface area (Å²) in [5, 5.41) is 6.20. The van der Waals surface area contributed by atoms with Gasteiger partial charge in [0.15, 0.2) is 0 Å². The molecule has 1 atom stereocenters. The Morgan fingerprint density at radius 3 is 2.48 bits per heavy atom. The van der Waals surface area contributed by atoms with Crippen LogP contribution in [0.25, 0.3) is 0 Å². The van der Waals surface area contributed by atoms with Crippen molar-refractivity contribution in [2.24, 2.45) is 0 Å². The number of para-hydroxylation sites is 1. The number of methoxy groups -OCH3 is 1. The van der Waals surface area contributed by atoms with Crippen molar-refractivity contribution < 1.29 is 14.3 Å². The Morgan fingerprint density at radius 2 is 1.81 bits per heavy atom. The summed E-state index contributed by atoms with van der Waals surface area (Å²) in [6.07, 6.45) is 0. The minimum absolute atomic E-state index is 0.0226. The highest BCUT2D eigenvalue weighted by Gasteiger charge is 2.23. The summed E-state index contributed by atoms with van der Waals surface area (Å²) in [6.45, 7) is 3.96. The maximum absolute atomic E-state index is 12.3. The van der Waals surface area contributed by atoms with Crippen LogP contribution in [0.15, 0.2) is 54.6 Å². The second-order valence-corrected chi connectivity index (χ2v) is 6.46. The fourth-order valence-electron chi connectivity index (χ4n) is 3.18. The van der Waals surface area contributed by atoms with Crippen molar-refractivity contribution >= 4 is 11.6 Å². The second kappa shape index (κ2) is 9.94. The van der Waals surface area contributed by atoms with Gasteiger partial charge in [-0.05, 0) is 29.8 Å². The number of carbonyl (C=O) groups excluding carboxylic acids is 1. The van der Waals surface area contributed by atoms with Crippen LogP contribution in [0.5, 0.6) is 5.75 Å². The number of anilines is 1. The average molecular weight is 369 g/mol. The summed E-state index contributed by atoms with van der Waals surface area (Å²) >= 11 is 0.